The molecular weight excluding hydrogens is 262 g/mol. The first-order valence-corrected chi connectivity index (χ1v) is 7.37. The Kier molecular flexibility index (Phi) is 4.11. The fourth-order valence-corrected chi connectivity index (χ4v) is 2.75. The lowest BCUT2D eigenvalue weighted by Gasteiger charge is -2.26. The average molecular weight is 283 g/mol. The summed E-state index contributed by atoms with van der Waals surface area (Å²) in [5, 5.41) is 3.48. The highest BCUT2D eigenvalue weighted by atomic mass is 16.5. The third-order valence-electron chi connectivity index (χ3n) is 3.92. The molecule has 0 saturated heterocycles. The number of benzene rings is 2. The molecule has 3 heteroatoms. The van der Waals surface area contributed by atoms with E-state index in [-0.39, 0.29) is 0 Å². The largest absolute Gasteiger partial charge is 0.493 e. The lowest BCUT2D eigenvalue weighted by molar-refractivity contribution is 0.278. The number of nitrogens with one attached hydrogen (secondary N) is 1. The molecule has 0 saturated carbocycles. The van der Waals surface area contributed by atoms with Crippen LogP contribution in [-0.4, -0.2) is 13.2 Å². The van der Waals surface area contributed by atoms with E-state index in [4.69, 9.17) is 9.47 Å². The highest BCUT2D eigenvalue weighted by Gasteiger charge is 2.21. The summed E-state index contributed by atoms with van der Waals surface area (Å²) in [7, 11) is 1.70. The molecule has 0 radical (unpaired) electrons. The smallest absolute Gasteiger partial charge is 0.165 e. The first-order chi connectivity index (χ1) is 10.3. The molecule has 110 valence electrons. The Labute approximate surface area is 125 Å². The molecule has 1 N–H and O–H groups in total. The van der Waals surface area contributed by atoms with Gasteiger partial charge in [-0.15, -0.1) is 0 Å². The first kappa shape index (κ1) is 14.0. The second-order valence-corrected chi connectivity index (χ2v) is 5.49. The minimum absolute atomic E-state index is 0.462. The summed E-state index contributed by atoms with van der Waals surface area (Å²) in [4.78, 5) is 0. The summed E-state index contributed by atoms with van der Waals surface area (Å²) in [6.07, 6.45) is 0.969. The third kappa shape index (κ3) is 3.03. The van der Waals surface area contributed by atoms with Crippen molar-refractivity contribution in [1.29, 1.82) is 0 Å². The van der Waals surface area contributed by atoms with Crippen molar-refractivity contribution < 1.29 is 9.47 Å². The van der Waals surface area contributed by atoms with E-state index < -0.39 is 0 Å². The van der Waals surface area contributed by atoms with Crippen LogP contribution in [0.3, 0.4) is 0 Å². The summed E-state index contributed by atoms with van der Waals surface area (Å²) in [6, 6.07) is 14.8. The molecule has 0 unspecified atom stereocenters. The van der Waals surface area contributed by atoms with Crippen molar-refractivity contribution in [2.75, 3.05) is 7.11 Å². The zero-order valence-electron chi connectivity index (χ0n) is 12.6. The predicted octanol–water partition coefficient (Wildman–Crippen LogP) is 3.31. The van der Waals surface area contributed by atoms with E-state index in [2.05, 4.69) is 30.4 Å². The van der Waals surface area contributed by atoms with Gasteiger partial charge in [0, 0.05) is 18.2 Å². The summed E-state index contributed by atoms with van der Waals surface area (Å²) in [6.45, 7) is 3.65. The van der Waals surface area contributed by atoms with E-state index >= 15 is 0 Å². The fraction of sp³-hybridized carbons (Fsp3) is 0.333. The standard InChI is InChI=1S/C18H21NO2/c1-13-10-16-15(11-19-13)8-9-17(20-2)18(16)21-12-14-6-4-3-5-7-14/h3-9,13,19H,10-12H2,1-2H3/t13-/m1/s1. The highest BCUT2D eigenvalue weighted by Crippen LogP contribution is 2.36. The maximum atomic E-state index is 6.11. The van der Waals surface area contributed by atoms with Gasteiger partial charge in [0.05, 0.1) is 7.11 Å². The number of hydrogen-bond donors (Lipinski definition) is 1. The summed E-state index contributed by atoms with van der Waals surface area (Å²) >= 11 is 0. The molecule has 0 bridgehead atoms. The van der Waals surface area contributed by atoms with E-state index in [1.165, 1.54) is 16.7 Å². The number of ether oxygens (including phenoxy) is 2. The van der Waals surface area contributed by atoms with Crippen molar-refractivity contribution in [3.63, 3.8) is 0 Å². The number of fused-ring (bicyclic) bond motifs is 1. The Morgan fingerprint density at radius 3 is 2.71 bits per heavy atom. The van der Waals surface area contributed by atoms with Gasteiger partial charge in [-0.25, -0.2) is 0 Å². The summed E-state index contributed by atoms with van der Waals surface area (Å²) in [5.74, 6) is 1.71. The van der Waals surface area contributed by atoms with Crippen LogP contribution in [0, 0.1) is 0 Å². The second kappa shape index (κ2) is 6.19. The van der Waals surface area contributed by atoms with Gasteiger partial charge in [-0.05, 0) is 30.5 Å². The summed E-state index contributed by atoms with van der Waals surface area (Å²) < 4.78 is 11.6. The zero-order chi connectivity index (χ0) is 14.7. The van der Waals surface area contributed by atoms with Crippen LogP contribution in [0.15, 0.2) is 42.5 Å². The molecule has 0 aromatic heterocycles. The van der Waals surface area contributed by atoms with Crippen molar-refractivity contribution in [3.8, 4) is 11.5 Å². The van der Waals surface area contributed by atoms with Crippen LogP contribution in [0.5, 0.6) is 11.5 Å². The predicted molar refractivity (Wildman–Crippen MR) is 83.8 cm³/mol. The van der Waals surface area contributed by atoms with Crippen LogP contribution in [0.2, 0.25) is 0 Å². The quantitative estimate of drug-likeness (QED) is 0.934. The van der Waals surface area contributed by atoms with Gasteiger partial charge in [0.2, 0.25) is 0 Å². The monoisotopic (exact) mass is 283 g/mol. The molecule has 0 spiro atoms. The van der Waals surface area contributed by atoms with Gasteiger partial charge in [0.25, 0.3) is 0 Å². The SMILES string of the molecule is COc1ccc2c(c1OCc1ccccc1)C[C@@H](C)NC2. The van der Waals surface area contributed by atoms with E-state index in [0.717, 1.165) is 24.5 Å². The Bertz CT molecular complexity index is 610. The van der Waals surface area contributed by atoms with Crippen molar-refractivity contribution in [3.05, 3.63) is 59.2 Å². The maximum absolute atomic E-state index is 6.11. The second-order valence-electron chi connectivity index (χ2n) is 5.49. The third-order valence-corrected chi connectivity index (χ3v) is 3.92. The molecule has 0 amide bonds. The van der Waals surface area contributed by atoms with Gasteiger partial charge in [-0.2, -0.15) is 0 Å². The molecule has 3 rings (SSSR count). The van der Waals surface area contributed by atoms with Crippen LogP contribution < -0.4 is 14.8 Å². The molecular formula is C18H21NO2. The average Bonchev–Trinajstić information content (AvgIpc) is 2.53. The first-order valence-electron chi connectivity index (χ1n) is 7.37. The van der Waals surface area contributed by atoms with Gasteiger partial charge in [-0.1, -0.05) is 36.4 Å². The molecule has 1 aliphatic heterocycles. The molecule has 3 nitrogen and oxygen atoms in total. The molecule has 2 aromatic rings. The molecule has 1 atom stereocenters. The van der Waals surface area contributed by atoms with Crippen LogP contribution in [-0.2, 0) is 19.6 Å². The Hall–Kier alpha value is -2.00. The lowest BCUT2D eigenvalue weighted by atomic mass is 9.95. The minimum atomic E-state index is 0.462. The number of hydrogen-bond acceptors (Lipinski definition) is 3. The Morgan fingerprint density at radius 1 is 1.14 bits per heavy atom. The summed E-state index contributed by atoms with van der Waals surface area (Å²) in [5.41, 5.74) is 3.74. The van der Waals surface area contributed by atoms with Crippen LogP contribution in [0.4, 0.5) is 0 Å². The van der Waals surface area contributed by atoms with E-state index in [1.807, 2.05) is 24.3 Å². The van der Waals surface area contributed by atoms with Gasteiger partial charge in [0.1, 0.15) is 6.61 Å². The van der Waals surface area contributed by atoms with Gasteiger partial charge >= 0.3 is 0 Å². The number of rotatable bonds is 4. The van der Waals surface area contributed by atoms with Crippen LogP contribution in [0.25, 0.3) is 0 Å². The molecule has 21 heavy (non-hydrogen) atoms. The van der Waals surface area contributed by atoms with E-state index in [0.29, 0.717) is 12.6 Å². The molecule has 2 aromatic carbocycles. The van der Waals surface area contributed by atoms with Crippen molar-refractivity contribution >= 4 is 0 Å². The highest BCUT2D eigenvalue weighted by molar-refractivity contribution is 5.52. The number of methoxy groups -OCH3 is 1. The Balaban J connectivity index is 1.88. The lowest BCUT2D eigenvalue weighted by Crippen LogP contribution is -2.33. The van der Waals surface area contributed by atoms with Crippen LogP contribution >= 0.6 is 0 Å². The van der Waals surface area contributed by atoms with Crippen molar-refractivity contribution in [2.24, 2.45) is 0 Å². The van der Waals surface area contributed by atoms with Crippen LogP contribution in [0.1, 0.15) is 23.6 Å². The zero-order valence-corrected chi connectivity index (χ0v) is 12.6. The van der Waals surface area contributed by atoms with Gasteiger partial charge < -0.3 is 14.8 Å². The maximum Gasteiger partial charge on any atom is 0.165 e. The molecule has 1 heterocycles. The Morgan fingerprint density at radius 2 is 1.95 bits per heavy atom. The van der Waals surface area contributed by atoms with Crippen molar-refractivity contribution in [2.45, 2.75) is 32.5 Å². The van der Waals surface area contributed by atoms with Gasteiger partial charge in [-0.3, -0.25) is 0 Å². The van der Waals surface area contributed by atoms with Crippen molar-refractivity contribution in [1.82, 2.24) is 5.32 Å². The molecule has 0 fully saturated rings. The topological polar surface area (TPSA) is 30.5 Å². The van der Waals surface area contributed by atoms with E-state index in [1.54, 1.807) is 7.11 Å². The van der Waals surface area contributed by atoms with Gasteiger partial charge in [0.15, 0.2) is 11.5 Å². The fourth-order valence-electron chi connectivity index (χ4n) is 2.75. The molecule has 0 aliphatic carbocycles. The minimum Gasteiger partial charge on any atom is -0.493 e. The molecule has 1 aliphatic rings. The normalized spacial score (nSPS) is 17.1. The van der Waals surface area contributed by atoms with E-state index in [9.17, 15) is 0 Å².